The minimum Gasteiger partial charge on any atom is -0.508 e. The molecule has 5 rings (SSSR count). The van der Waals surface area contributed by atoms with Gasteiger partial charge in [-0.2, -0.15) is 9.97 Å². The molecule has 4 N–H and O–H groups in total. The molecule has 0 aliphatic heterocycles. The molecule has 0 saturated heterocycles. The molecule has 0 radical (unpaired) electrons. The highest BCUT2D eigenvalue weighted by Gasteiger charge is 2.22. The van der Waals surface area contributed by atoms with Crippen molar-refractivity contribution in [1.29, 1.82) is 0 Å². The van der Waals surface area contributed by atoms with Crippen molar-refractivity contribution in [3.05, 3.63) is 60.3 Å². The monoisotopic (exact) mass is 443 g/mol. The molecule has 2 heterocycles. The van der Waals surface area contributed by atoms with Gasteiger partial charge < -0.3 is 25.5 Å². The Morgan fingerprint density at radius 2 is 1.79 bits per heavy atom. The fourth-order valence-corrected chi connectivity index (χ4v) is 4.15. The molecule has 2 aromatic heterocycles. The van der Waals surface area contributed by atoms with E-state index in [4.69, 9.17) is 9.72 Å². The van der Waals surface area contributed by atoms with Gasteiger partial charge in [0.05, 0.1) is 5.39 Å². The molecule has 0 unspecified atom stereocenters. The first-order chi connectivity index (χ1) is 16.1. The van der Waals surface area contributed by atoms with Crippen LogP contribution in [0.2, 0.25) is 0 Å². The summed E-state index contributed by atoms with van der Waals surface area (Å²) in [6.45, 7) is 0. The summed E-state index contributed by atoms with van der Waals surface area (Å²) in [4.78, 5) is 24.4. The highest BCUT2D eigenvalue weighted by Crippen LogP contribution is 2.37. The Balaban J connectivity index is 1.52. The van der Waals surface area contributed by atoms with E-state index in [2.05, 4.69) is 20.6 Å². The van der Waals surface area contributed by atoms with E-state index < -0.39 is 0 Å². The van der Waals surface area contributed by atoms with Gasteiger partial charge in [-0.25, -0.2) is 0 Å². The van der Waals surface area contributed by atoms with Crippen molar-refractivity contribution >= 4 is 28.6 Å². The summed E-state index contributed by atoms with van der Waals surface area (Å²) in [5, 5.41) is 16.3. The standard InChI is InChI=1S/C25H25N5O3/c1-26-23(32)16-6-10-17(11-7-16)28-25-29-22-21(24(30-25)33-19-4-2-3-5-19)20(14-27-22)15-8-12-18(31)13-9-15/h6-14,19,31H,2-5H2,1H3,(H,26,32)(H2,27,28,29,30). The van der Waals surface area contributed by atoms with E-state index in [0.29, 0.717) is 23.0 Å². The topological polar surface area (TPSA) is 112 Å². The van der Waals surface area contributed by atoms with Crippen LogP contribution in [0.4, 0.5) is 11.6 Å². The summed E-state index contributed by atoms with van der Waals surface area (Å²) >= 11 is 0. The number of phenols is 1. The van der Waals surface area contributed by atoms with Gasteiger partial charge in [0.25, 0.3) is 5.91 Å². The van der Waals surface area contributed by atoms with E-state index in [0.717, 1.165) is 47.9 Å². The highest BCUT2D eigenvalue weighted by atomic mass is 16.5. The normalized spacial score (nSPS) is 13.8. The third-order valence-electron chi connectivity index (χ3n) is 5.89. The molecule has 168 valence electrons. The number of nitrogens with zero attached hydrogens (tertiary/aromatic N) is 2. The average molecular weight is 444 g/mol. The number of nitrogens with one attached hydrogen (secondary N) is 3. The summed E-state index contributed by atoms with van der Waals surface area (Å²) < 4.78 is 6.36. The quantitative estimate of drug-likeness (QED) is 0.342. The predicted molar refractivity (Wildman–Crippen MR) is 127 cm³/mol. The molecular formula is C25H25N5O3. The van der Waals surface area contributed by atoms with Crippen molar-refractivity contribution in [1.82, 2.24) is 20.3 Å². The van der Waals surface area contributed by atoms with Crippen molar-refractivity contribution < 1.29 is 14.6 Å². The van der Waals surface area contributed by atoms with Crippen LogP contribution in [0.5, 0.6) is 11.6 Å². The molecule has 4 aromatic rings. The van der Waals surface area contributed by atoms with E-state index >= 15 is 0 Å². The number of benzene rings is 2. The number of H-pyrrole nitrogens is 1. The number of ether oxygens (including phenoxy) is 1. The number of rotatable bonds is 6. The molecule has 8 nitrogen and oxygen atoms in total. The molecule has 1 aliphatic rings. The van der Waals surface area contributed by atoms with Gasteiger partial charge in [0.1, 0.15) is 17.5 Å². The maximum Gasteiger partial charge on any atom is 0.251 e. The molecule has 2 aromatic carbocycles. The van der Waals surface area contributed by atoms with Gasteiger partial charge in [-0.15, -0.1) is 0 Å². The lowest BCUT2D eigenvalue weighted by Crippen LogP contribution is -2.17. The first-order valence-corrected chi connectivity index (χ1v) is 11.0. The van der Waals surface area contributed by atoms with Crippen LogP contribution < -0.4 is 15.4 Å². The Kier molecular flexibility index (Phi) is 5.56. The summed E-state index contributed by atoms with van der Waals surface area (Å²) in [5.41, 5.74) is 3.85. The van der Waals surface area contributed by atoms with Crippen LogP contribution in [0.15, 0.2) is 54.7 Å². The maximum atomic E-state index is 11.8. The summed E-state index contributed by atoms with van der Waals surface area (Å²) in [6, 6.07) is 14.1. The summed E-state index contributed by atoms with van der Waals surface area (Å²) in [5.74, 6) is 1.01. The molecule has 1 saturated carbocycles. The molecule has 1 fully saturated rings. The molecule has 1 aliphatic carbocycles. The molecular weight excluding hydrogens is 418 g/mol. The number of aromatic nitrogens is 3. The Hall–Kier alpha value is -4.07. The second-order valence-corrected chi connectivity index (χ2v) is 8.13. The van der Waals surface area contributed by atoms with Gasteiger partial charge in [-0.05, 0) is 67.6 Å². The van der Waals surface area contributed by atoms with Gasteiger partial charge in [0.2, 0.25) is 11.8 Å². The lowest BCUT2D eigenvalue weighted by Gasteiger charge is -2.15. The number of carbonyl (C=O) groups excluding carboxylic acids is 1. The van der Waals surface area contributed by atoms with Crippen molar-refractivity contribution in [3.63, 3.8) is 0 Å². The van der Waals surface area contributed by atoms with Crippen LogP contribution in [0.1, 0.15) is 36.0 Å². The van der Waals surface area contributed by atoms with E-state index in [9.17, 15) is 9.90 Å². The molecule has 1 amide bonds. The highest BCUT2D eigenvalue weighted by molar-refractivity contribution is 5.98. The predicted octanol–water partition coefficient (Wildman–Crippen LogP) is 4.76. The number of phenolic OH excluding ortho intramolecular Hbond substituents is 1. The van der Waals surface area contributed by atoms with Crippen LogP contribution in [0.3, 0.4) is 0 Å². The third-order valence-corrected chi connectivity index (χ3v) is 5.89. The number of hydrogen-bond donors (Lipinski definition) is 4. The number of fused-ring (bicyclic) bond motifs is 1. The molecule has 0 atom stereocenters. The first-order valence-electron chi connectivity index (χ1n) is 11.0. The summed E-state index contributed by atoms with van der Waals surface area (Å²) in [7, 11) is 1.60. The van der Waals surface area contributed by atoms with Crippen LogP contribution in [0, 0.1) is 0 Å². The fourth-order valence-electron chi connectivity index (χ4n) is 4.15. The lowest BCUT2D eigenvalue weighted by molar-refractivity contribution is 0.0963. The van der Waals surface area contributed by atoms with Crippen molar-refractivity contribution in [2.24, 2.45) is 0 Å². The molecule has 8 heteroatoms. The van der Waals surface area contributed by atoms with Gasteiger partial charge in [-0.3, -0.25) is 4.79 Å². The zero-order chi connectivity index (χ0) is 22.8. The number of anilines is 2. The average Bonchev–Trinajstić information content (AvgIpc) is 3.50. The SMILES string of the molecule is CNC(=O)c1ccc(Nc2nc(OC3CCCC3)c3c(-c4ccc(O)cc4)c[nH]c3n2)cc1. The first kappa shape index (κ1) is 20.8. The second-order valence-electron chi connectivity index (χ2n) is 8.13. The molecule has 0 bridgehead atoms. The minimum atomic E-state index is -0.139. The van der Waals surface area contributed by atoms with Crippen LogP contribution in [0.25, 0.3) is 22.2 Å². The van der Waals surface area contributed by atoms with Gasteiger partial charge in [0.15, 0.2) is 0 Å². The van der Waals surface area contributed by atoms with Crippen molar-refractivity contribution in [2.75, 3.05) is 12.4 Å². The zero-order valence-electron chi connectivity index (χ0n) is 18.3. The Bertz CT molecular complexity index is 1280. The van der Waals surface area contributed by atoms with E-state index in [1.165, 1.54) is 0 Å². The van der Waals surface area contributed by atoms with Crippen LogP contribution >= 0.6 is 0 Å². The number of aromatic hydroxyl groups is 1. The van der Waals surface area contributed by atoms with E-state index in [1.807, 2.05) is 30.5 Å². The Morgan fingerprint density at radius 3 is 2.48 bits per heavy atom. The number of carbonyl (C=O) groups is 1. The molecule has 0 spiro atoms. The van der Waals surface area contributed by atoms with Gasteiger partial charge >= 0.3 is 0 Å². The van der Waals surface area contributed by atoms with Crippen molar-refractivity contribution in [2.45, 2.75) is 31.8 Å². The Morgan fingerprint density at radius 1 is 1.06 bits per heavy atom. The van der Waals surface area contributed by atoms with E-state index in [1.54, 1.807) is 31.3 Å². The van der Waals surface area contributed by atoms with Crippen molar-refractivity contribution in [3.8, 4) is 22.8 Å². The number of hydrogen-bond acceptors (Lipinski definition) is 6. The van der Waals surface area contributed by atoms with Gasteiger partial charge in [0, 0.05) is 30.1 Å². The zero-order valence-corrected chi connectivity index (χ0v) is 18.3. The smallest absolute Gasteiger partial charge is 0.251 e. The van der Waals surface area contributed by atoms with Gasteiger partial charge in [-0.1, -0.05) is 12.1 Å². The Labute approximate surface area is 191 Å². The van der Waals surface area contributed by atoms with Crippen LogP contribution in [-0.2, 0) is 0 Å². The maximum absolute atomic E-state index is 11.8. The fraction of sp³-hybridized carbons (Fsp3) is 0.240. The largest absolute Gasteiger partial charge is 0.508 e. The summed E-state index contributed by atoms with van der Waals surface area (Å²) in [6.07, 6.45) is 6.34. The molecule has 33 heavy (non-hydrogen) atoms. The second kappa shape index (κ2) is 8.82. The number of aromatic amines is 1. The lowest BCUT2D eigenvalue weighted by atomic mass is 10.1. The number of amides is 1. The third kappa shape index (κ3) is 4.32. The van der Waals surface area contributed by atoms with Crippen LogP contribution in [-0.4, -0.2) is 39.1 Å². The minimum absolute atomic E-state index is 0.130. The van der Waals surface area contributed by atoms with E-state index in [-0.39, 0.29) is 17.8 Å².